The van der Waals surface area contributed by atoms with E-state index in [4.69, 9.17) is 4.74 Å². The lowest BCUT2D eigenvalue weighted by Gasteiger charge is -2.10. The Morgan fingerprint density at radius 2 is 2.00 bits per heavy atom. The van der Waals surface area contributed by atoms with E-state index in [0.29, 0.717) is 27.8 Å². The van der Waals surface area contributed by atoms with Crippen molar-refractivity contribution in [1.29, 1.82) is 0 Å². The van der Waals surface area contributed by atoms with E-state index in [1.165, 1.54) is 11.8 Å². The van der Waals surface area contributed by atoms with E-state index in [1.54, 1.807) is 42.7 Å². The molecule has 0 aliphatic rings. The predicted molar refractivity (Wildman–Crippen MR) is 126 cm³/mol. The summed E-state index contributed by atoms with van der Waals surface area (Å²) in [5, 5.41) is 10.5. The van der Waals surface area contributed by atoms with Crippen LogP contribution in [0.5, 0.6) is 5.75 Å². The third-order valence-electron chi connectivity index (χ3n) is 4.33. The Kier molecular flexibility index (Phi) is 6.35. The quantitative estimate of drug-likeness (QED) is 0.357. The molecule has 4 rings (SSSR count). The third-order valence-corrected chi connectivity index (χ3v) is 7.40. The molecule has 0 aliphatic carbocycles. The molecule has 2 N–H and O–H groups in total. The third kappa shape index (κ3) is 5.21. The molecule has 4 aromatic rings. The molecule has 0 unspecified atom stereocenters. The number of fused-ring (bicyclic) bond motifs is 1. The normalized spacial score (nSPS) is 11.4. The number of carboxylic acid groups (broad SMARTS) is 1. The number of pyridine rings is 1. The van der Waals surface area contributed by atoms with Gasteiger partial charge in [0.2, 0.25) is 10.0 Å². The molecule has 0 spiro atoms. The number of nitrogens with one attached hydrogen (secondary N) is 1. The molecule has 2 aromatic heterocycles. The zero-order valence-corrected chi connectivity index (χ0v) is 19.3. The van der Waals surface area contributed by atoms with Crippen LogP contribution in [-0.2, 0) is 16.6 Å². The highest BCUT2D eigenvalue weighted by Gasteiger charge is 2.21. The number of anilines is 1. The van der Waals surface area contributed by atoms with Crippen molar-refractivity contribution in [3.8, 4) is 5.75 Å². The van der Waals surface area contributed by atoms with Crippen LogP contribution in [0.3, 0.4) is 0 Å². The summed E-state index contributed by atoms with van der Waals surface area (Å²) in [5.41, 5.74) is 1.32. The van der Waals surface area contributed by atoms with Crippen molar-refractivity contribution in [1.82, 2.24) is 4.98 Å². The molecule has 10 heteroatoms. The number of nitrogens with zero attached hydrogens (tertiary/aromatic N) is 1. The Bertz CT molecular complexity index is 1390. The van der Waals surface area contributed by atoms with Gasteiger partial charge in [0.1, 0.15) is 17.2 Å². The summed E-state index contributed by atoms with van der Waals surface area (Å²) in [6.07, 6.45) is 4.49. The van der Waals surface area contributed by atoms with Gasteiger partial charge in [0.15, 0.2) is 0 Å². The molecule has 0 saturated heterocycles. The van der Waals surface area contributed by atoms with Gasteiger partial charge in [-0.25, -0.2) is 13.2 Å². The van der Waals surface area contributed by atoms with Gasteiger partial charge in [-0.3, -0.25) is 9.71 Å². The summed E-state index contributed by atoms with van der Waals surface area (Å²) < 4.78 is 32.5. The topological polar surface area (TPSA) is 106 Å². The fourth-order valence-corrected chi connectivity index (χ4v) is 5.97. The molecule has 0 fully saturated rings. The first kappa shape index (κ1) is 22.1. The summed E-state index contributed by atoms with van der Waals surface area (Å²) >= 11 is 2.37. The van der Waals surface area contributed by atoms with E-state index in [-0.39, 0.29) is 4.88 Å². The average Bonchev–Trinajstić information content (AvgIpc) is 3.11. The number of aromatic nitrogens is 1. The van der Waals surface area contributed by atoms with Gasteiger partial charge < -0.3 is 9.84 Å². The second kappa shape index (κ2) is 9.19. The highest BCUT2D eigenvalue weighted by Crippen LogP contribution is 2.44. The van der Waals surface area contributed by atoms with E-state index >= 15 is 0 Å². The van der Waals surface area contributed by atoms with E-state index < -0.39 is 16.0 Å². The Balaban J connectivity index is 1.67. The highest BCUT2D eigenvalue weighted by molar-refractivity contribution is 8.00. The molecule has 164 valence electrons. The number of ether oxygens (including phenoxy) is 1. The van der Waals surface area contributed by atoms with Gasteiger partial charge in [0.05, 0.1) is 11.9 Å². The number of hydrogen-bond acceptors (Lipinski definition) is 7. The first-order valence-corrected chi connectivity index (χ1v) is 12.9. The van der Waals surface area contributed by atoms with Gasteiger partial charge in [-0.15, -0.1) is 11.3 Å². The number of sulfonamides is 1. The van der Waals surface area contributed by atoms with Crippen molar-refractivity contribution >= 4 is 54.9 Å². The predicted octanol–water partition coefficient (Wildman–Crippen LogP) is 5.10. The summed E-state index contributed by atoms with van der Waals surface area (Å²) in [6, 6.07) is 16.1. The minimum Gasteiger partial charge on any atom is -0.489 e. The summed E-state index contributed by atoms with van der Waals surface area (Å²) in [4.78, 5) is 17.3. The van der Waals surface area contributed by atoms with E-state index in [0.717, 1.165) is 33.2 Å². The number of thiophene rings is 1. The van der Waals surface area contributed by atoms with Crippen molar-refractivity contribution in [3.05, 3.63) is 77.4 Å². The molecule has 0 amide bonds. The molecular formula is C22H18N2O5S3. The van der Waals surface area contributed by atoms with Crippen LogP contribution >= 0.6 is 23.1 Å². The number of aromatic carboxylic acids is 1. The standard InChI is InChI=1S/C22H18N2O5S3/c1-32(27,28)24-17-6-2-3-7-18(17)30-20-16-9-8-15(11-19(16)31-21(20)22(25)26)29-13-14-5-4-10-23-12-14/h2-12,24H,13H2,1H3,(H,25,26). The van der Waals surface area contributed by atoms with Crippen molar-refractivity contribution in [3.63, 3.8) is 0 Å². The molecule has 32 heavy (non-hydrogen) atoms. The van der Waals surface area contributed by atoms with Crippen LogP contribution in [0.2, 0.25) is 0 Å². The first-order valence-electron chi connectivity index (χ1n) is 9.36. The number of carbonyl (C=O) groups is 1. The van der Waals surface area contributed by atoms with Crippen LogP contribution in [0, 0.1) is 0 Å². The SMILES string of the molecule is CS(=O)(=O)Nc1ccccc1Sc1c(C(=O)O)sc2cc(OCc3cccnc3)ccc12. The zero-order chi connectivity index (χ0) is 22.7. The van der Waals surface area contributed by atoms with Gasteiger partial charge in [0, 0.05) is 37.8 Å². The number of carboxylic acids is 1. The number of rotatable bonds is 8. The molecule has 0 atom stereocenters. The van der Waals surface area contributed by atoms with Crippen LogP contribution in [0.15, 0.2) is 76.8 Å². The molecular weight excluding hydrogens is 468 g/mol. The second-order valence-electron chi connectivity index (χ2n) is 6.85. The maximum atomic E-state index is 11.9. The summed E-state index contributed by atoms with van der Waals surface area (Å²) in [6.45, 7) is 0.350. The summed E-state index contributed by atoms with van der Waals surface area (Å²) in [5.74, 6) is -0.421. The highest BCUT2D eigenvalue weighted by atomic mass is 32.2. The Hall–Kier alpha value is -3.08. The Morgan fingerprint density at radius 1 is 1.19 bits per heavy atom. The second-order valence-corrected chi connectivity index (χ2v) is 10.7. The maximum absolute atomic E-state index is 11.9. The molecule has 7 nitrogen and oxygen atoms in total. The van der Waals surface area contributed by atoms with Crippen LogP contribution in [0.4, 0.5) is 5.69 Å². The first-order chi connectivity index (χ1) is 15.3. The van der Waals surface area contributed by atoms with Gasteiger partial charge in [0.25, 0.3) is 0 Å². The van der Waals surface area contributed by atoms with E-state index in [9.17, 15) is 18.3 Å². The molecule has 0 saturated carbocycles. The maximum Gasteiger partial charge on any atom is 0.347 e. The van der Waals surface area contributed by atoms with Gasteiger partial charge in [-0.05, 0) is 36.4 Å². The molecule has 0 bridgehead atoms. The minimum atomic E-state index is -3.48. The van der Waals surface area contributed by atoms with Crippen molar-refractivity contribution in [2.24, 2.45) is 0 Å². The van der Waals surface area contributed by atoms with Crippen LogP contribution < -0.4 is 9.46 Å². The summed E-state index contributed by atoms with van der Waals surface area (Å²) in [7, 11) is -3.48. The molecule has 2 aromatic carbocycles. The molecule has 0 radical (unpaired) electrons. The smallest absolute Gasteiger partial charge is 0.347 e. The van der Waals surface area contributed by atoms with Crippen molar-refractivity contribution in [2.45, 2.75) is 16.4 Å². The average molecular weight is 487 g/mol. The number of para-hydroxylation sites is 1. The number of hydrogen-bond donors (Lipinski definition) is 2. The van der Waals surface area contributed by atoms with E-state index in [1.807, 2.05) is 24.3 Å². The van der Waals surface area contributed by atoms with Crippen LogP contribution in [-0.4, -0.2) is 30.7 Å². The fourth-order valence-electron chi connectivity index (χ4n) is 2.99. The minimum absolute atomic E-state index is 0.184. The Morgan fingerprint density at radius 3 is 2.72 bits per heavy atom. The van der Waals surface area contributed by atoms with Gasteiger partial charge in [-0.2, -0.15) is 0 Å². The van der Waals surface area contributed by atoms with Gasteiger partial charge in [-0.1, -0.05) is 30.0 Å². The molecule has 2 heterocycles. The monoisotopic (exact) mass is 486 g/mol. The fraction of sp³-hybridized carbons (Fsp3) is 0.0909. The zero-order valence-electron chi connectivity index (χ0n) is 16.8. The van der Waals surface area contributed by atoms with Crippen LogP contribution in [0.25, 0.3) is 10.1 Å². The number of benzene rings is 2. The van der Waals surface area contributed by atoms with Crippen molar-refractivity contribution < 1.29 is 23.1 Å². The van der Waals surface area contributed by atoms with Crippen molar-refractivity contribution in [2.75, 3.05) is 11.0 Å². The lowest BCUT2D eigenvalue weighted by atomic mass is 10.2. The van der Waals surface area contributed by atoms with Gasteiger partial charge >= 0.3 is 5.97 Å². The largest absolute Gasteiger partial charge is 0.489 e. The van der Waals surface area contributed by atoms with Crippen LogP contribution in [0.1, 0.15) is 15.2 Å². The lowest BCUT2D eigenvalue weighted by Crippen LogP contribution is -2.10. The lowest BCUT2D eigenvalue weighted by molar-refractivity contribution is 0.0699. The van der Waals surface area contributed by atoms with E-state index in [2.05, 4.69) is 9.71 Å². The Labute approximate surface area is 193 Å². The molecule has 0 aliphatic heterocycles.